The zero-order valence-corrected chi connectivity index (χ0v) is 17.8. The van der Waals surface area contributed by atoms with Crippen LogP contribution in [-0.4, -0.2) is 30.4 Å². The van der Waals surface area contributed by atoms with Gasteiger partial charge in [0, 0.05) is 18.7 Å². The normalized spacial score (nSPS) is 12.8. The average molecular weight is 433 g/mol. The Morgan fingerprint density at radius 2 is 1.59 bits per heavy atom. The zero-order chi connectivity index (χ0) is 22.5. The summed E-state index contributed by atoms with van der Waals surface area (Å²) in [6.07, 6.45) is 2.25. The van der Waals surface area contributed by atoms with Crippen LogP contribution in [0.2, 0.25) is 0 Å². The Labute approximate surface area is 186 Å². The molecule has 1 aliphatic rings. The number of nitrogens with zero attached hydrogens (tertiary/aromatic N) is 1. The molecule has 0 spiro atoms. The van der Waals surface area contributed by atoms with Crippen LogP contribution in [0.15, 0.2) is 72.8 Å². The standard InChI is InChI=1S/C26H24FNO4/c1-31-26(30)21-10-8-19(9-11-21)17-28(16-18-6-7-18)25(29)20-12-14-22(15-13-20)32-24-5-3-2-4-23(24)27/h2-5,8-15,18H,6-7,16-17H2,1H3. The second-order valence-electron chi connectivity index (χ2n) is 7.87. The number of amides is 1. The van der Waals surface area contributed by atoms with E-state index >= 15 is 0 Å². The minimum Gasteiger partial charge on any atom is -0.465 e. The van der Waals surface area contributed by atoms with Gasteiger partial charge < -0.3 is 14.4 Å². The van der Waals surface area contributed by atoms with E-state index in [-0.39, 0.29) is 17.6 Å². The lowest BCUT2D eigenvalue weighted by Crippen LogP contribution is -2.32. The molecule has 3 aromatic carbocycles. The maximum absolute atomic E-state index is 13.8. The number of methoxy groups -OCH3 is 1. The van der Waals surface area contributed by atoms with E-state index in [1.165, 1.54) is 13.2 Å². The second kappa shape index (κ2) is 9.64. The highest BCUT2D eigenvalue weighted by Gasteiger charge is 2.27. The van der Waals surface area contributed by atoms with Gasteiger partial charge in [-0.1, -0.05) is 24.3 Å². The molecule has 0 aliphatic heterocycles. The maximum atomic E-state index is 13.8. The van der Waals surface area contributed by atoms with Gasteiger partial charge in [0.2, 0.25) is 0 Å². The van der Waals surface area contributed by atoms with Gasteiger partial charge in [-0.25, -0.2) is 9.18 Å². The summed E-state index contributed by atoms with van der Waals surface area (Å²) in [5.74, 6) is 0.209. The van der Waals surface area contributed by atoms with Gasteiger partial charge >= 0.3 is 5.97 Å². The quantitative estimate of drug-likeness (QED) is 0.443. The van der Waals surface area contributed by atoms with E-state index in [4.69, 9.17) is 9.47 Å². The van der Waals surface area contributed by atoms with Gasteiger partial charge in [-0.15, -0.1) is 0 Å². The molecule has 0 N–H and O–H groups in total. The predicted molar refractivity (Wildman–Crippen MR) is 118 cm³/mol. The largest absolute Gasteiger partial charge is 0.465 e. The first-order valence-corrected chi connectivity index (χ1v) is 10.5. The Hall–Kier alpha value is -3.67. The molecule has 1 saturated carbocycles. The number of carbonyl (C=O) groups excluding carboxylic acids is 2. The highest BCUT2D eigenvalue weighted by Crippen LogP contribution is 2.31. The Bertz CT molecular complexity index is 1090. The number of carbonyl (C=O) groups is 2. The molecule has 0 heterocycles. The fraction of sp³-hybridized carbons (Fsp3) is 0.231. The molecule has 164 valence electrons. The lowest BCUT2D eigenvalue weighted by Gasteiger charge is -2.23. The van der Waals surface area contributed by atoms with Crippen molar-refractivity contribution in [3.63, 3.8) is 0 Å². The number of halogens is 1. The minimum atomic E-state index is -0.443. The van der Waals surface area contributed by atoms with E-state index in [1.54, 1.807) is 54.6 Å². The van der Waals surface area contributed by atoms with Crippen molar-refractivity contribution in [1.82, 2.24) is 4.90 Å². The number of para-hydroxylation sites is 1. The molecule has 1 fully saturated rings. The first-order valence-electron chi connectivity index (χ1n) is 10.5. The molecule has 1 amide bonds. The summed E-state index contributed by atoms with van der Waals surface area (Å²) in [7, 11) is 1.35. The lowest BCUT2D eigenvalue weighted by atomic mass is 10.1. The summed E-state index contributed by atoms with van der Waals surface area (Å²) in [6.45, 7) is 1.13. The van der Waals surface area contributed by atoms with Crippen LogP contribution >= 0.6 is 0 Å². The van der Waals surface area contributed by atoms with E-state index < -0.39 is 5.82 Å². The van der Waals surface area contributed by atoms with E-state index in [2.05, 4.69) is 0 Å². The first-order chi connectivity index (χ1) is 15.5. The Balaban J connectivity index is 1.46. The van der Waals surface area contributed by atoms with Gasteiger partial charge in [-0.3, -0.25) is 4.79 Å². The number of ether oxygens (including phenoxy) is 2. The fourth-order valence-corrected chi connectivity index (χ4v) is 3.42. The van der Waals surface area contributed by atoms with Crippen LogP contribution in [0.1, 0.15) is 39.1 Å². The summed E-state index contributed by atoms with van der Waals surface area (Å²) in [4.78, 5) is 26.7. The summed E-state index contributed by atoms with van der Waals surface area (Å²) in [5, 5.41) is 0. The van der Waals surface area contributed by atoms with Crippen molar-refractivity contribution in [2.24, 2.45) is 5.92 Å². The van der Waals surface area contributed by atoms with E-state index in [9.17, 15) is 14.0 Å². The fourth-order valence-electron chi connectivity index (χ4n) is 3.42. The third-order valence-electron chi connectivity index (χ3n) is 5.38. The number of rotatable bonds is 8. The van der Waals surface area contributed by atoms with Gasteiger partial charge in [-0.2, -0.15) is 0 Å². The summed E-state index contributed by atoms with van der Waals surface area (Å²) < 4.78 is 24.1. The number of hydrogen-bond acceptors (Lipinski definition) is 4. The van der Waals surface area contributed by atoms with Crippen LogP contribution in [0.5, 0.6) is 11.5 Å². The Morgan fingerprint density at radius 1 is 0.938 bits per heavy atom. The average Bonchev–Trinajstić information content (AvgIpc) is 3.64. The number of hydrogen-bond donors (Lipinski definition) is 0. The molecule has 4 rings (SSSR count). The molecule has 0 saturated heterocycles. The van der Waals surface area contributed by atoms with Crippen LogP contribution in [0.4, 0.5) is 4.39 Å². The first kappa shape index (κ1) is 21.6. The van der Waals surface area contributed by atoms with Crippen molar-refractivity contribution < 1.29 is 23.5 Å². The zero-order valence-electron chi connectivity index (χ0n) is 17.8. The van der Waals surface area contributed by atoms with Crippen molar-refractivity contribution in [3.8, 4) is 11.5 Å². The number of benzene rings is 3. The predicted octanol–water partition coefficient (Wildman–Crippen LogP) is 5.46. The van der Waals surface area contributed by atoms with E-state index in [0.717, 1.165) is 18.4 Å². The van der Waals surface area contributed by atoms with Crippen LogP contribution in [0, 0.1) is 11.7 Å². The molecule has 3 aromatic rings. The summed E-state index contributed by atoms with van der Waals surface area (Å²) in [6, 6.07) is 20.0. The molecule has 0 bridgehead atoms. The van der Waals surface area contributed by atoms with Gasteiger partial charge in [0.1, 0.15) is 5.75 Å². The highest BCUT2D eigenvalue weighted by molar-refractivity contribution is 5.94. The van der Waals surface area contributed by atoms with E-state index in [0.29, 0.717) is 35.9 Å². The molecule has 0 aromatic heterocycles. The number of esters is 1. The molecular weight excluding hydrogens is 409 g/mol. The van der Waals surface area contributed by atoms with Crippen LogP contribution in [0.25, 0.3) is 0 Å². The topological polar surface area (TPSA) is 55.8 Å². The summed E-state index contributed by atoms with van der Waals surface area (Å²) in [5.41, 5.74) is 1.95. The van der Waals surface area contributed by atoms with E-state index in [1.807, 2.05) is 17.0 Å². The van der Waals surface area contributed by atoms with Gasteiger partial charge in [0.05, 0.1) is 12.7 Å². The van der Waals surface area contributed by atoms with Crippen molar-refractivity contribution in [3.05, 3.63) is 95.3 Å². The molecule has 0 radical (unpaired) electrons. The molecule has 6 heteroatoms. The Morgan fingerprint density at radius 3 is 2.22 bits per heavy atom. The second-order valence-corrected chi connectivity index (χ2v) is 7.87. The molecule has 32 heavy (non-hydrogen) atoms. The molecule has 0 unspecified atom stereocenters. The smallest absolute Gasteiger partial charge is 0.337 e. The van der Waals surface area contributed by atoms with Gasteiger partial charge in [-0.05, 0) is 72.9 Å². The van der Waals surface area contributed by atoms with Crippen LogP contribution in [-0.2, 0) is 11.3 Å². The van der Waals surface area contributed by atoms with Crippen molar-refractivity contribution in [2.45, 2.75) is 19.4 Å². The van der Waals surface area contributed by atoms with Gasteiger partial charge in [0.25, 0.3) is 5.91 Å². The molecule has 1 aliphatic carbocycles. The maximum Gasteiger partial charge on any atom is 0.337 e. The Kier molecular flexibility index (Phi) is 6.50. The van der Waals surface area contributed by atoms with Crippen molar-refractivity contribution in [2.75, 3.05) is 13.7 Å². The highest BCUT2D eigenvalue weighted by atomic mass is 19.1. The van der Waals surface area contributed by atoms with Crippen molar-refractivity contribution in [1.29, 1.82) is 0 Å². The van der Waals surface area contributed by atoms with Gasteiger partial charge in [0.15, 0.2) is 11.6 Å². The van der Waals surface area contributed by atoms with Crippen molar-refractivity contribution >= 4 is 11.9 Å². The van der Waals surface area contributed by atoms with Crippen LogP contribution < -0.4 is 4.74 Å². The SMILES string of the molecule is COC(=O)c1ccc(CN(CC2CC2)C(=O)c2ccc(Oc3ccccc3F)cc2)cc1. The molecule has 0 atom stereocenters. The third kappa shape index (κ3) is 5.32. The minimum absolute atomic E-state index is 0.0774. The monoisotopic (exact) mass is 433 g/mol. The molecular formula is C26H24FNO4. The summed E-state index contributed by atoms with van der Waals surface area (Å²) >= 11 is 0. The molecule has 5 nitrogen and oxygen atoms in total. The lowest BCUT2D eigenvalue weighted by molar-refractivity contribution is 0.0600. The van der Waals surface area contributed by atoms with Crippen LogP contribution in [0.3, 0.4) is 0 Å². The third-order valence-corrected chi connectivity index (χ3v) is 5.38.